The first-order valence-corrected chi connectivity index (χ1v) is 7.70. The molecule has 2 aromatic heterocycles. The van der Waals surface area contributed by atoms with Crippen molar-refractivity contribution in [2.45, 2.75) is 18.9 Å². The van der Waals surface area contributed by atoms with Gasteiger partial charge in [0.1, 0.15) is 5.00 Å². The van der Waals surface area contributed by atoms with Crippen LogP contribution in [0.3, 0.4) is 0 Å². The Morgan fingerprint density at radius 2 is 2.05 bits per heavy atom. The number of hydrogen-bond acceptors (Lipinski definition) is 4. The Kier molecular flexibility index (Phi) is 3.90. The number of anilines is 1. The van der Waals surface area contributed by atoms with Gasteiger partial charge >= 0.3 is 0 Å². The summed E-state index contributed by atoms with van der Waals surface area (Å²) in [6.07, 6.45) is 4.94. The summed E-state index contributed by atoms with van der Waals surface area (Å²) in [6, 6.07) is 3.51. The summed E-state index contributed by atoms with van der Waals surface area (Å²) >= 11 is 7.24. The number of halogens is 1. The minimum atomic E-state index is -0.356. The molecule has 0 saturated heterocycles. The second kappa shape index (κ2) is 5.83. The summed E-state index contributed by atoms with van der Waals surface area (Å²) < 4.78 is 0. The number of aromatic nitrogens is 1. The molecule has 2 aromatic rings. The van der Waals surface area contributed by atoms with E-state index in [9.17, 15) is 9.59 Å². The third-order valence-corrected chi connectivity index (χ3v) is 4.20. The van der Waals surface area contributed by atoms with Crippen molar-refractivity contribution in [3.8, 4) is 0 Å². The molecule has 0 radical (unpaired) electrons. The molecule has 0 unspecified atom stereocenters. The van der Waals surface area contributed by atoms with Gasteiger partial charge < -0.3 is 10.6 Å². The van der Waals surface area contributed by atoms with Crippen molar-refractivity contribution in [1.82, 2.24) is 10.3 Å². The Labute approximate surface area is 130 Å². The molecule has 21 heavy (non-hydrogen) atoms. The maximum Gasteiger partial charge on any atom is 0.257 e. The van der Waals surface area contributed by atoms with Gasteiger partial charge in [0.05, 0.1) is 16.1 Å². The average molecular weight is 322 g/mol. The van der Waals surface area contributed by atoms with E-state index in [0.29, 0.717) is 16.1 Å². The van der Waals surface area contributed by atoms with Crippen molar-refractivity contribution in [3.05, 3.63) is 46.1 Å². The van der Waals surface area contributed by atoms with E-state index < -0.39 is 0 Å². The van der Waals surface area contributed by atoms with Crippen molar-refractivity contribution >= 4 is 39.8 Å². The van der Waals surface area contributed by atoms with Crippen LogP contribution >= 0.6 is 22.9 Å². The monoisotopic (exact) mass is 321 g/mol. The Morgan fingerprint density at radius 3 is 2.76 bits per heavy atom. The van der Waals surface area contributed by atoms with E-state index in [4.69, 9.17) is 11.6 Å². The van der Waals surface area contributed by atoms with Gasteiger partial charge in [0, 0.05) is 18.4 Å². The van der Waals surface area contributed by atoms with Crippen LogP contribution in [0.2, 0.25) is 5.02 Å². The fourth-order valence-electron chi connectivity index (χ4n) is 1.81. The molecule has 0 spiro atoms. The number of rotatable bonds is 4. The maximum atomic E-state index is 12.2. The zero-order chi connectivity index (χ0) is 14.8. The zero-order valence-corrected chi connectivity index (χ0v) is 12.5. The van der Waals surface area contributed by atoms with Crippen molar-refractivity contribution in [2.75, 3.05) is 5.32 Å². The fourth-order valence-corrected chi connectivity index (χ4v) is 2.79. The lowest BCUT2D eigenvalue weighted by atomic mass is 10.2. The highest BCUT2D eigenvalue weighted by atomic mass is 35.5. The SMILES string of the molecule is O=C(Nc1sccc1C(=O)NC1CC1)c1ccncc1Cl. The summed E-state index contributed by atoms with van der Waals surface area (Å²) in [6.45, 7) is 0. The van der Waals surface area contributed by atoms with Crippen LogP contribution in [0.15, 0.2) is 29.9 Å². The number of nitrogens with zero attached hydrogens (tertiary/aromatic N) is 1. The summed E-state index contributed by atoms with van der Waals surface area (Å²) in [5.74, 6) is -0.514. The molecule has 1 aliphatic rings. The third kappa shape index (κ3) is 3.22. The lowest BCUT2D eigenvalue weighted by molar-refractivity contribution is 0.0952. The lowest BCUT2D eigenvalue weighted by Crippen LogP contribution is -2.26. The molecule has 1 fully saturated rings. The average Bonchev–Trinajstić information content (AvgIpc) is 3.15. The van der Waals surface area contributed by atoms with E-state index in [1.54, 1.807) is 11.4 Å². The largest absolute Gasteiger partial charge is 0.349 e. The van der Waals surface area contributed by atoms with Gasteiger partial charge in [-0.25, -0.2) is 0 Å². The van der Waals surface area contributed by atoms with Gasteiger partial charge in [-0.2, -0.15) is 0 Å². The molecule has 0 aromatic carbocycles. The first kappa shape index (κ1) is 14.0. The van der Waals surface area contributed by atoms with Crippen LogP contribution in [0.4, 0.5) is 5.00 Å². The van der Waals surface area contributed by atoms with E-state index in [1.807, 2.05) is 0 Å². The Bertz CT molecular complexity index is 697. The maximum absolute atomic E-state index is 12.2. The highest BCUT2D eigenvalue weighted by Crippen LogP contribution is 2.26. The second-order valence-electron chi connectivity index (χ2n) is 4.72. The van der Waals surface area contributed by atoms with Crippen molar-refractivity contribution in [2.24, 2.45) is 0 Å². The van der Waals surface area contributed by atoms with Crippen LogP contribution < -0.4 is 10.6 Å². The molecule has 0 atom stereocenters. The Hall–Kier alpha value is -1.92. The molecule has 108 valence electrons. The molecule has 2 heterocycles. The molecule has 0 aliphatic heterocycles. The normalized spacial score (nSPS) is 13.8. The summed E-state index contributed by atoms with van der Waals surface area (Å²) in [4.78, 5) is 28.1. The van der Waals surface area contributed by atoms with Gasteiger partial charge in [-0.3, -0.25) is 14.6 Å². The molecule has 0 bridgehead atoms. The Balaban J connectivity index is 1.76. The van der Waals surface area contributed by atoms with E-state index in [2.05, 4.69) is 15.6 Å². The molecule has 5 nitrogen and oxygen atoms in total. The van der Waals surface area contributed by atoms with Crippen molar-refractivity contribution < 1.29 is 9.59 Å². The second-order valence-corrected chi connectivity index (χ2v) is 6.04. The minimum absolute atomic E-state index is 0.158. The minimum Gasteiger partial charge on any atom is -0.349 e. The highest BCUT2D eigenvalue weighted by Gasteiger charge is 2.25. The van der Waals surface area contributed by atoms with E-state index in [0.717, 1.165) is 12.8 Å². The third-order valence-electron chi connectivity index (χ3n) is 3.07. The quantitative estimate of drug-likeness (QED) is 0.909. The van der Waals surface area contributed by atoms with Gasteiger partial charge in [0.25, 0.3) is 11.8 Å². The van der Waals surface area contributed by atoms with Crippen LogP contribution in [0.5, 0.6) is 0 Å². The molecule has 1 saturated carbocycles. The molecular weight excluding hydrogens is 310 g/mol. The molecule has 7 heteroatoms. The number of carbonyl (C=O) groups excluding carboxylic acids is 2. The van der Waals surface area contributed by atoms with Crippen LogP contribution in [-0.4, -0.2) is 22.8 Å². The standard InChI is InChI=1S/C14H12ClN3O2S/c15-11-7-16-5-3-9(11)12(19)18-14-10(4-6-21-14)13(20)17-8-1-2-8/h3-8H,1-2H2,(H,17,20)(H,18,19). The first-order valence-electron chi connectivity index (χ1n) is 6.44. The number of pyridine rings is 1. The van der Waals surface area contributed by atoms with Gasteiger partial charge in [-0.15, -0.1) is 11.3 Å². The molecule has 2 amide bonds. The number of thiophene rings is 1. The molecular formula is C14H12ClN3O2S. The first-order chi connectivity index (χ1) is 10.1. The number of hydrogen-bond donors (Lipinski definition) is 2. The van der Waals surface area contributed by atoms with E-state index >= 15 is 0 Å². The molecule has 1 aliphatic carbocycles. The molecule has 2 N–H and O–H groups in total. The summed E-state index contributed by atoms with van der Waals surface area (Å²) in [5, 5.41) is 8.19. The smallest absolute Gasteiger partial charge is 0.257 e. The predicted molar refractivity (Wildman–Crippen MR) is 82.0 cm³/mol. The van der Waals surface area contributed by atoms with E-state index in [1.165, 1.54) is 29.8 Å². The van der Waals surface area contributed by atoms with Crippen LogP contribution in [0.1, 0.15) is 33.6 Å². The van der Waals surface area contributed by atoms with Gasteiger partial charge in [-0.05, 0) is 30.4 Å². The van der Waals surface area contributed by atoms with Gasteiger partial charge in [0.15, 0.2) is 0 Å². The highest BCUT2D eigenvalue weighted by molar-refractivity contribution is 7.14. The summed E-state index contributed by atoms with van der Waals surface area (Å²) in [5.41, 5.74) is 0.805. The number of amides is 2. The van der Waals surface area contributed by atoms with Crippen molar-refractivity contribution in [1.29, 1.82) is 0 Å². The molecule has 3 rings (SSSR count). The predicted octanol–water partition coefficient (Wildman–Crippen LogP) is 2.94. The number of nitrogens with one attached hydrogen (secondary N) is 2. The Morgan fingerprint density at radius 1 is 1.24 bits per heavy atom. The number of carbonyl (C=O) groups is 2. The van der Waals surface area contributed by atoms with Crippen LogP contribution in [-0.2, 0) is 0 Å². The summed E-state index contributed by atoms with van der Waals surface area (Å²) in [7, 11) is 0. The van der Waals surface area contributed by atoms with Crippen molar-refractivity contribution in [3.63, 3.8) is 0 Å². The van der Waals surface area contributed by atoms with Gasteiger partial charge in [-0.1, -0.05) is 11.6 Å². The topological polar surface area (TPSA) is 71.1 Å². The van der Waals surface area contributed by atoms with E-state index in [-0.39, 0.29) is 22.9 Å². The van der Waals surface area contributed by atoms with Crippen LogP contribution in [0.25, 0.3) is 0 Å². The zero-order valence-electron chi connectivity index (χ0n) is 10.9. The van der Waals surface area contributed by atoms with Crippen LogP contribution in [0, 0.1) is 0 Å². The fraction of sp³-hybridized carbons (Fsp3) is 0.214. The lowest BCUT2D eigenvalue weighted by Gasteiger charge is -2.07. The van der Waals surface area contributed by atoms with Gasteiger partial charge in [0.2, 0.25) is 0 Å².